The van der Waals surface area contributed by atoms with Gasteiger partial charge in [0, 0.05) is 25.2 Å². The van der Waals surface area contributed by atoms with Gasteiger partial charge in [-0.2, -0.15) is 0 Å². The second kappa shape index (κ2) is 15.0. The summed E-state index contributed by atoms with van der Waals surface area (Å²) in [6.45, 7) is 5.68. The van der Waals surface area contributed by atoms with Crippen molar-refractivity contribution in [3.8, 4) is 5.75 Å². The molecule has 232 valence electrons. The molecule has 1 unspecified atom stereocenters. The van der Waals surface area contributed by atoms with Crippen LogP contribution < -0.4 is 15.0 Å². The molecular weight excluding hydrogens is 552 g/mol. The van der Waals surface area contributed by atoms with E-state index in [9.17, 15) is 14.7 Å². The van der Waals surface area contributed by atoms with Gasteiger partial charge >= 0.3 is 5.97 Å². The van der Waals surface area contributed by atoms with Crippen molar-refractivity contribution in [1.29, 1.82) is 0 Å². The van der Waals surface area contributed by atoms with E-state index in [-0.39, 0.29) is 24.5 Å². The van der Waals surface area contributed by atoms with Crippen molar-refractivity contribution >= 4 is 23.6 Å². The van der Waals surface area contributed by atoms with Gasteiger partial charge in [-0.3, -0.25) is 4.79 Å². The van der Waals surface area contributed by atoms with Crippen molar-refractivity contribution in [3.05, 3.63) is 88.5 Å². The molecular formula is C36H44N4O4. The zero-order valence-electron chi connectivity index (χ0n) is 25.9. The fourth-order valence-corrected chi connectivity index (χ4v) is 6.15. The molecule has 2 N–H and O–H groups in total. The zero-order valence-corrected chi connectivity index (χ0v) is 25.9. The van der Waals surface area contributed by atoms with Crippen LogP contribution in [0, 0.1) is 12.8 Å². The van der Waals surface area contributed by atoms with E-state index in [1.165, 1.54) is 43.4 Å². The van der Waals surface area contributed by atoms with Gasteiger partial charge < -0.3 is 20.1 Å². The first-order chi connectivity index (χ1) is 21.4. The minimum Gasteiger partial charge on any atom is -0.485 e. The Labute approximate surface area is 260 Å². The Bertz CT molecular complexity index is 1440. The number of allylic oxidation sites excluding steroid dienone is 1. The van der Waals surface area contributed by atoms with Gasteiger partial charge in [0.25, 0.3) is 5.91 Å². The SMILES string of the molecule is CCC(NC(=O)c1nc(CC2CCN(c3ccc(C=C4CCCCC4)cc3)CC2)nc(C)c1OCc1ccccc1)C(=O)O. The summed E-state index contributed by atoms with van der Waals surface area (Å²) in [6.07, 6.45) is 11.7. The molecule has 1 amide bonds. The Hall–Kier alpha value is -4.20. The summed E-state index contributed by atoms with van der Waals surface area (Å²) in [5.74, 6) is -0.391. The monoisotopic (exact) mass is 596 g/mol. The third-order valence-electron chi connectivity index (χ3n) is 8.74. The maximum atomic E-state index is 13.3. The lowest BCUT2D eigenvalue weighted by molar-refractivity contribution is -0.139. The van der Waals surface area contributed by atoms with Crippen LogP contribution in [-0.4, -0.2) is 46.1 Å². The number of carboxylic acids is 1. The summed E-state index contributed by atoms with van der Waals surface area (Å²) >= 11 is 0. The van der Waals surface area contributed by atoms with E-state index >= 15 is 0 Å². The first kappa shape index (κ1) is 31.2. The number of carbonyl (C=O) groups is 2. The Balaban J connectivity index is 1.25. The van der Waals surface area contributed by atoms with Crippen molar-refractivity contribution in [2.75, 3.05) is 18.0 Å². The largest absolute Gasteiger partial charge is 0.485 e. The highest BCUT2D eigenvalue weighted by atomic mass is 16.5. The number of hydrogen-bond acceptors (Lipinski definition) is 6. The van der Waals surface area contributed by atoms with E-state index < -0.39 is 17.9 Å². The number of amides is 1. The third kappa shape index (κ3) is 8.24. The number of aliphatic carboxylic acids is 1. The molecule has 1 aliphatic heterocycles. The lowest BCUT2D eigenvalue weighted by Gasteiger charge is -2.33. The van der Waals surface area contributed by atoms with E-state index in [0.29, 0.717) is 23.9 Å². The summed E-state index contributed by atoms with van der Waals surface area (Å²) in [5.41, 5.74) is 5.72. The smallest absolute Gasteiger partial charge is 0.326 e. The molecule has 2 aromatic carbocycles. The van der Waals surface area contributed by atoms with Crippen LogP contribution in [0.2, 0.25) is 0 Å². The predicted molar refractivity (Wildman–Crippen MR) is 173 cm³/mol. The van der Waals surface area contributed by atoms with Crippen LogP contribution in [0.15, 0.2) is 60.2 Å². The second-order valence-corrected chi connectivity index (χ2v) is 12.0. The van der Waals surface area contributed by atoms with Gasteiger partial charge in [0.15, 0.2) is 11.4 Å². The van der Waals surface area contributed by atoms with Crippen LogP contribution in [0.5, 0.6) is 5.75 Å². The fraction of sp³-hybridized carbons (Fsp3) is 0.444. The lowest BCUT2D eigenvalue weighted by atomic mass is 9.92. The first-order valence-corrected chi connectivity index (χ1v) is 16.0. The highest BCUT2D eigenvalue weighted by Gasteiger charge is 2.27. The molecule has 2 aliphatic rings. The van der Waals surface area contributed by atoms with E-state index in [1.807, 2.05) is 37.3 Å². The topological polar surface area (TPSA) is 105 Å². The highest BCUT2D eigenvalue weighted by Crippen LogP contribution is 2.29. The molecule has 1 aliphatic carbocycles. The number of aromatic nitrogens is 2. The van der Waals surface area contributed by atoms with Crippen LogP contribution in [0.3, 0.4) is 0 Å². The average molecular weight is 597 g/mol. The summed E-state index contributed by atoms with van der Waals surface area (Å²) in [5, 5.41) is 12.1. The summed E-state index contributed by atoms with van der Waals surface area (Å²) < 4.78 is 6.07. The van der Waals surface area contributed by atoms with Gasteiger partial charge in [-0.05, 0) is 81.0 Å². The number of aryl methyl sites for hydroxylation is 1. The normalized spacial score (nSPS) is 16.3. The summed E-state index contributed by atoms with van der Waals surface area (Å²) in [7, 11) is 0. The second-order valence-electron chi connectivity index (χ2n) is 12.0. The van der Waals surface area contributed by atoms with Gasteiger partial charge in [0.05, 0.1) is 5.69 Å². The van der Waals surface area contributed by atoms with Crippen molar-refractivity contribution in [1.82, 2.24) is 15.3 Å². The van der Waals surface area contributed by atoms with Crippen LogP contribution in [0.4, 0.5) is 5.69 Å². The molecule has 8 heteroatoms. The van der Waals surface area contributed by atoms with E-state index in [4.69, 9.17) is 9.72 Å². The van der Waals surface area contributed by atoms with Crippen LogP contribution >= 0.6 is 0 Å². The van der Waals surface area contributed by atoms with Crippen molar-refractivity contribution in [2.24, 2.45) is 5.92 Å². The minimum absolute atomic E-state index is 0.0869. The molecule has 1 aromatic heterocycles. The van der Waals surface area contributed by atoms with Crippen LogP contribution in [0.25, 0.3) is 6.08 Å². The van der Waals surface area contributed by atoms with Gasteiger partial charge in [0.2, 0.25) is 0 Å². The molecule has 1 atom stereocenters. The van der Waals surface area contributed by atoms with Gasteiger partial charge in [-0.25, -0.2) is 14.8 Å². The Morgan fingerprint density at radius 2 is 1.73 bits per heavy atom. The van der Waals surface area contributed by atoms with Gasteiger partial charge in [-0.1, -0.05) is 67.5 Å². The lowest BCUT2D eigenvalue weighted by Crippen LogP contribution is -2.41. The molecule has 5 rings (SSSR count). The fourth-order valence-electron chi connectivity index (χ4n) is 6.15. The molecule has 2 heterocycles. The minimum atomic E-state index is -1.08. The number of nitrogens with one attached hydrogen (secondary N) is 1. The van der Waals surface area contributed by atoms with Crippen LogP contribution in [0.1, 0.15) is 91.4 Å². The first-order valence-electron chi connectivity index (χ1n) is 16.0. The number of nitrogens with zero attached hydrogens (tertiary/aromatic N) is 3. The molecule has 0 radical (unpaired) electrons. The zero-order chi connectivity index (χ0) is 30.9. The highest BCUT2D eigenvalue weighted by molar-refractivity contribution is 5.97. The third-order valence-corrected chi connectivity index (χ3v) is 8.74. The standard InChI is InChI=1S/C36H44N4O4/c1-3-31(36(42)43)38-35(41)33-34(44-24-29-12-8-5-9-13-29)25(2)37-32(39-33)23-28-18-20-40(21-19-28)30-16-14-27(15-17-30)22-26-10-6-4-7-11-26/h5,8-9,12-17,22,28,31H,3-4,6-7,10-11,18-21,23-24H2,1-2H3,(H,38,41)(H,42,43). The van der Waals surface area contributed by atoms with Crippen LogP contribution in [-0.2, 0) is 17.8 Å². The van der Waals surface area contributed by atoms with E-state index in [0.717, 1.165) is 31.5 Å². The van der Waals surface area contributed by atoms with Crippen molar-refractivity contribution < 1.29 is 19.4 Å². The van der Waals surface area contributed by atoms with Crippen molar-refractivity contribution in [2.45, 2.75) is 84.3 Å². The molecule has 2 fully saturated rings. The molecule has 1 saturated heterocycles. The number of rotatable bonds is 11. The summed E-state index contributed by atoms with van der Waals surface area (Å²) in [4.78, 5) is 36.8. The predicted octanol–water partition coefficient (Wildman–Crippen LogP) is 6.76. The quantitative estimate of drug-likeness (QED) is 0.252. The number of ether oxygens (including phenoxy) is 1. The Morgan fingerprint density at radius 1 is 1.02 bits per heavy atom. The van der Waals surface area contributed by atoms with Gasteiger partial charge in [0.1, 0.15) is 18.5 Å². The van der Waals surface area contributed by atoms with E-state index in [1.54, 1.807) is 12.5 Å². The van der Waals surface area contributed by atoms with Crippen molar-refractivity contribution in [3.63, 3.8) is 0 Å². The molecule has 0 bridgehead atoms. The van der Waals surface area contributed by atoms with E-state index in [2.05, 4.69) is 45.5 Å². The number of anilines is 1. The molecule has 8 nitrogen and oxygen atoms in total. The Kier molecular flexibility index (Phi) is 10.6. The molecule has 44 heavy (non-hydrogen) atoms. The number of hydrogen-bond donors (Lipinski definition) is 2. The molecule has 0 spiro atoms. The summed E-state index contributed by atoms with van der Waals surface area (Å²) in [6, 6.07) is 17.6. The average Bonchev–Trinajstić information content (AvgIpc) is 3.04. The Morgan fingerprint density at radius 3 is 2.39 bits per heavy atom. The number of piperidine rings is 1. The number of benzene rings is 2. The molecule has 3 aromatic rings. The maximum Gasteiger partial charge on any atom is 0.326 e. The number of carbonyl (C=O) groups excluding carboxylic acids is 1. The molecule has 1 saturated carbocycles. The maximum absolute atomic E-state index is 13.3. The van der Waals surface area contributed by atoms with Gasteiger partial charge in [-0.15, -0.1) is 0 Å². The number of carboxylic acid groups (broad SMARTS) is 1.